The number of likely N-dealkylation sites (tertiary alicyclic amines) is 1. The quantitative estimate of drug-likeness (QED) is 0.620. The molecule has 1 N–H and O–H groups in total. The molecule has 1 rings (SSSR count). The van der Waals surface area contributed by atoms with E-state index in [0.29, 0.717) is 12.8 Å². The fourth-order valence-electron chi connectivity index (χ4n) is 1.11. The number of halogens is 2. The van der Waals surface area contributed by atoms with Gasteiger partial charge in [-0.2, -0.15) is 0 Å². The minimum absolute atomic E-state index is 0. The number of aliphatic hydroxyl groups excluding tert-OH is 1. The van der Waals surface area contributed by atoms with Gasteiger partial charge in [0.05, 0.1) is 6.26 Å². The van der Waals surface area contributed by atoms with Gasteiger partial charge >= 0.3 is 0 Å². The van der Waals surface area contributed by atoms with Crippen LogP contribution in [-0.4, -0.2) is 36.1 Å². The monoisotopic (exact) mass is 209 g/mol. The fourth-order valence-corrected chi connectivity index (χ4v) is 1.11. The van der Waals surface area contributed by atoms with Crippen molar-refractivity contribution >= 4 is 0 Å². The molecule has 0 radical (unpaired) electrons. The van der Waals surface area contributed by atoms with Gasteiger partial charge in [-0.3, -0.25) is 0 Å². The van der Waals surface area contributed by atoms with Crippen molar-refractivity contribution in [3.05, 3.63) is 11.8 Å². The molecule has 4 heteroatoms. The molecule has 1 heterocycles. The first-order valence-electron chi connectivity index (χ1n) is 4.46. The van der Waals surface area contributed by atoms with E-state index < -0.39 is 5.92 Å². The maximum absolute atomic E-state index is 12.8. The van der Waals surface area contributed by atoms with Gasteiger partial charge in [-0.05, 0) is 7.05 Å². The molecule has 0 unspecified atom stereocenters. The van der Waals surface area contributed by atoms with E-state index in [2.05, 4.69) is 0 Å². The molecule has 2 nitrogen and oxygen atoms in total. The number of likely N-dealkylation sites (N-methyl/N-ethyl adjacent to an activating group) is 1. The van der Waals surface area contributed by atoms with Crippen LogP contribution in [0, 0.1) is 0 Å². The third kappa shape index (κ3) is 4.05. The third-order valence-corrected chi connectivity index (χ3v) is 1.87. The summed E-state index contributed by atoms with van der Waals surface area (Å²) < 4.78 is 25.6. The SMILES string of the molecule is C.CC.CN1CCC(F)(F)/C(=C/O)C1. The number of nitrogens with zero attached hydrogens (tertiary/aromatic N) is 1. The van der Waals surface area contributed by atoms with Gasteiger partial charge in [0.25, 0.3) is 5.92 Å². The van der Waals surface area contributed by atoms with Crippen LogP contribution in [-0.2, 0) is 0 Å². The summed E-state index contributed by atoms with van der Waals surface area (Å²) in [6.45, 7) is 4.54. The molecule has 1 aliphatic heterocycles. The van der Waals surface area contributed by atoms with Crippen LogP contribution < -0.4 is 0 Å². The minimum Gasteiger partial charge on any atom is -0.515 e. The Morgan fingerprint density at radius 2 is 1.93 bits per heavy atom. The second-order valence-electron chi connectivity index (χ2n) is 2.85. The van der Waals surface area contributed by atoms with Gasteiger partial charge in [-0.25, -0.2) is 8.78 Å². The lowest BCUT2D eigenvalue weighted by atomic mass is 10.0. The molecule has 86 valence electrons. The molecule has 14 heavy (non-hydrogen) atoms. The summed E-state index contributed by atoms with van der Waals surface area (Å²) in [5.74, 6) is -2.80. The third-order valence-electron chi connectivity index (χ3n) is 1.87. The first-order valence-corrected chi connectivity index (χ1v) is 4.46. The second-order valence-corrected chi connectivity index (χ2v) is 2.85. The van der Waals surface area contributed by atoms with Gasteiger partial charge in [-0.15, -0.1) is 0 Å². The average Bonchev–Trinajstić information content (AvgIpc) is 2.13. The van der Waals surface area contributed by atoms with Crippen LogP contribution in [0.4, 0.5) is 8.78 Å². The van der Waals surface area contributed by atoms with Crippen molar-refractivity contribution in [1.82, 2.24) is 4.90 Å². The number of piperidine rings is 1. The first-order chi connectivity index (χ1) is 6.06. The van der Waals surface area contributed by atoms with Gasteiger partial charge in [0.1, 0.15) is 0 Å². The van der Waals surface area contributed by atoms with Crippen LogP contribution in [0.3, 0.4) is 0 Å². The lowest BCUT2D eigenvalue weighted by Crippen LogP contribution is -2.39. The Bertz CT molecular complexity index is 181. The number of hydrogen-bond acceptors (Lipinski definition) is 2. The minimum atomic E-state index is -2.80. The maximum Gasteiger partial charge on any atom is 0.275 e. The van der Waals surface area contributed by atoms with E-state index in [-0.39, 0.29) is 26.0 Å². The molecule has 1 fully saturated rings. The van der Waals surface area contributed by atoms with Gasteiger partial charge in [0, 0.05) is 25.1 Å². The van der Waals surface area contributed by atoms with Crippen LogP contribution in [0.25, 0.3) is 0 Å². The highest BCUT2D eigenvalue weighted by Gasteiger charge is 2.38. The predicted molar refractivity (Wildman–Crippen MR) is 55.9 cm³/mol. The lowest BCUT2D eigenvalue weighted by molar-refractivity contribution is -0.00315. The van der Waals surface area contributed by atoms with Crippen molar-refractivity contribution in [3.63, 3.8) is 0 Å². The molecule has 0 aromatic heterocycles. The lowest BCUT2D eigenvalue weighted by Gasteiger charge is -2.30. The molecule has 0 aromatic rings. The summed E-state index contributed by atoms with van der Waals surface area (Å²) in [5.41, 5.74) is -0.189. The Labute approximate surface area is 85.2 Å². The summed E-state index contributed by atoms with van der Waals surface area (Å²) >= 11 is 0. The Hall–Kier alpha value is -0.640. The zero-order chi connectivity index (χ0) is 10.5. The number of aliphatic hydroxyl groups is 1. The van der Waals surface area contributed by atoms with Gasteiger partial charge in [0.2, 0.25) is 0 Å². The van der Waals surface area contributed by atoms with E-state index >= 15 is 0 Å². The molecule has 1 aliphatic rings. The van der Waals surface area contributed by atoms with Crippen molar-refractivity contribution in [1.29, 1.82) is 0 Å². The van der Waals surface area contributed by atoms with Gasteiger partial charge < -0.3 is 10.0 Å². The van der Waals surface area contributed by atoms with Crippen molar-refractivity contribution in [3.8, 4) is 0 Å². The molecular formula is C10H21F2NO. The van der Waals surface area contributed by atoms with Crippen LogP contribution in [0.1, 0.15) is 27.7 Å². The highest BCUT2D eigenvalue weighted by atomic mass is 19.3. The summed E-state index contributed by atoms with van der Waals surface area (Å²) in [7, 11) is 1.75. The normalized spacial score (nSPS) is 23.4. The van der Waals surface area contributed by atoms with Crippen LogP contribution in [0.2, 0.25) is 0 Å². The molecule has 0 bridgehead atoms. The van der Waals surface area contributed by atoms with E-state index in [1.54, 1.807) is 11.9 Å². The van der Waals surface area contributed by atoms with Crippen molar-refractivity contribution < 1.29 is 13.9 Å². The van der Waals surface area contributed by atoms with Gasteiger partial charge in [0.15, 0.2) is 0 Å². The Kier molecular flexibility index (Phi) is 7.64. The second kappa shape index (κ2) is 6.76. The maximum atomic E-state index is 12.8. The molecule has 0 amide bonds. The first kappa shape index (κ1) is 15.8. The molecule has 0 saturated carbocycles. The van der Waals surface area contributed by atoms with Crippen LogP contribution in [0.5, 0.6) is 0 Å². The van der Waals surface area contributed by atoms with Crippen LogP contribution >= 0.6 is 0 Å². The van der Waals surface area contributed by atoms with Crippen molar-refractivity contribution in [2.24, 2.45) is 0 Å². The smallest absolute Gasteiger partial charge is 0.275 e. The van der Waals surface area contributed by atoms with E-state index in [1.165, 1.54) is 0 Å². The summed E-state index contributed by atoms with van der Waals surface area (Å²) in [4.78, 5) is 1.75. The Morgan fingerprint density at radius 1 is 1.43 bits per heavy atom. The van der Waals surface area contributed by atoms with Crippen LogP contribution in [0.15, 0.2) is 11.8 Å². The van der Waals surface area contributed by atoms with E-state index in [4.69, 9.17) is 5.11 Å². The number of rotatable bonds is 0. The zero-order valence-electron chi connectivity index (χ0n) is 8.35. The zero-order valence-corrected chi connectivity index (χ0v) is 8.35. The average molecular weight is 209 g/mol. The summed E-state index contributed by atoms with van der Waals surface area (Å²) in [5, 5.41) is 8.48. The molecule has 0 aliphatic carbocycles. The molecular weight excluding hydrogens is 188 g/mol. The predicted octanol–water partition coefficient (Wildman–Crippen LogP) is 3.06. The summed E-state index contributed by atoms with van der Waals surface area (Å²) in [6, 6.07) is 0. The van der Waals surface area contributed by atoms with Crippen molar-refractivity contribution in [2.75, 3.05) is 20.1 Å². The summed E-state index contributed by atoms with van der Waals surface area (Å²) in [6.07, 6.45) is 0.325. The Morgan fingerprint density at radius 3 is 2.29 bits per heavy atom. The fraction of sp³-hybridized carbons (Fsp3) is 0.800. The molecule has 1 saturated heterocycles. The number of alkyl halides is 2. The van der Waals surface area contributed by atoms with E-state index in [9.17, 15) is 8.78 Å². The van der Waals surface area contributed by atoms with Crippen molar-refractivity contribution in [2.45, 2.75) is 33.6 Å². The van der Waals surface area contributed by atoms with E-state index in [0.717, 1.165) is 0 Å². The topological polar surface area (TPSA) is 23.5 Å². The highest BCUT2D eigenvalue weighted by Crippen LogP contribution is 2.31. The number of hydrogen-bond donors (Lipinski definition) is 1. The highest BCUT2D eigenvalue weighted by molar-refractivity contribution is 5.14. The van der Waals surface area contributed by atoms with E-state index in [1.807, 2.05) is 13.8 Å². The standard InChI is InChI=1S/C7H11F2NO.C2H6.CH4/c1-10-3-2-7(8,9)6(4-10)5-11;1-2;/h5,11H,2-4H2,1H3;1-2H3;1H4/b6-5+;;. The Balaban J connectivity index is 0. The molecule has 0 atom stereocenters. The van der Waals surface area contributed by atoms with Gasteiger partial charge in [-0.1, -0.05) is 21.3 Å². The largest absolute Gasteiger partial charge is 0.515 e. The molecule has 0 spiro atoms. The molecule has 0 aromatic carbocycles.